The van der Waals surface area contributed by atoms with Gasteiger partial charge >= 0.3 is 0 Å². The number of amides is 1. The summed E-state index contributed by atoms with van der Waals surface area (Å²) in [5, 5.41) is 2.83. The topological polar surface area (TPSA) is 47.6 Å². The number of carbonyl (C=O) groups excluding carboxylic acids is 1. The maximum atomic E-state index is 12.2. The van der Waals surface area contributed by atoms with Crippen molar-refractivity contribution < 1.29 is 14.3 Å². The molecule has 3 aromatic carbocycles. The van der Waals surface area contributed by atoms with Gasteiger partial charge in [0, 0.05) is 0 Å². The molecule has 0 aliphatic heterocycles. The lowest BCUT2D eigenvalue weighted by Gasteiger charge is -2.12. The van der Waals surface area contributed by atoms with E-state index in [1.807, 2.05) is 49.4 Å². The van der Waals surface area contributed by atoms with Crippen LogP contribution in [0.1, 0.15) is 11.1 Å². The monoisotopic (exact) mass is 361 g/mol. The number of hydrogen-bond donors (Lipinski definition) is 1. The van der Waals surface area contributed by atoms with Gasteiger partial charge in [-0.3, -0.25) is 4.79 Å². The van der Waals surface area contributed by atoms with E-state index in [9.17, 15) is 4.79 Å². The predicted molar refractivity (Wildman–Crippen MR) is 108 cm³/mol. The third kappa shape index (κ3) is 4.88. The van der Waals surface area contributed by atoms with Crippen molar-refractivity contribution >= 4 is 11.6 Å². The number of carbonyl (C=O) groups is 1. The fourth-order valence-corrected chi connectivity index (χ4v) is 2.74. The van der Waals surface area contributed by atoms with Gasteiger partial charge in [-0.1, -0.05) is 48.0 Å². The highest BCUT2D eigenvalue weighted by atomic mass is 16.5. The Morgan fingerprint density at radius 1 is 0.852 bits per heavy atom. The van der Waals surface area contributed by atoms with Crippen LogP contribution in [-0.4, -0.2) is 19.6 Å². The highest BCUT2D eigenvalue weighted by Crippen LogP contribution is 2.25. The van der Waals surface area contributed by atoms with Gasteiger partial charge in [0.05, 0.1) is 12.8 Å². The van der Waals surface area contributed by atoms with Gasteiger partial charge in [-0.05, 0) is 54.8 Å². The van der Waals surface area contributed by atoms with Gasteiger partial charge in [-0.15, -0.1) is 0 Å². The average molecular weight is 361 g/mol. The van der Waals surface area contributed by atoms with Gasteiger partial charge in [0.2, 0.25) is 0 Å². The van der Waals surface area contributed by atoms with Crippen molar-refractivity contribution in [1.82, 2.24) is 0 Å². The fourth-order valence-electron chi connectivity index (χ4n) is 2.74. The molecule has 4 nitrogen and oxygen atoms in total. The van der Waals surface area contributed by atoms with Crippen LogP contribution in [0.3, 0.4) is 0 Å². The summed E-state index contributed by atoms with van der Waals surface area (Å²) in [5.41, 5.74) is 5.17. The molecule has 0 saturated heterocycles. The van der Waals surface area contributed by atoms with Gasteiger partial charge in [0.15, 0.2) is 6.61 Å². The lowest BCUT2D eigenvalue weighted by Crippen LogP contribution is -2.20. The number of hydrogen-bond acceptors (Lipinski definition) is 3. The molecule has 4 heteroatoms. The molecule has 3 rings (SSSR count). The Balaban J connectivity index is 1.59. The van der Waals surface area contributed by atoms with Crippen molar-refractivity contribution in [2.45, 2.75) is 13.8 Å². The number of aryl methyl sites for hydroxylation is 2. The van der Waals surface area contributed by atoms with E-state index in [1.54, 1.807) is 7.11 Å². The van der Waals surface area contributed by atoms with Gasteiger partial charge in [0.1, 0.15) is 11.5 Å². The zero-order chi connectivity index (χ0) is 19.2. The first-order chi connectivity index (χ1) is 13.0. The molecule has 0 fully saturated rings. The van der Waals surface area contributed by atoms with E-state index < -0.39 is 0 Å². The van der Waals surface area contributed by atoms with E-state index in [-0.39, 0.29) is 12.5 Å². The molecule has 1 amide bonds. The number of nitrogens with one attached hydrogen (secondary N) is 1. The summed E-state index contributed by atoms with van der Waals surface area (Å²) in [7, 11) is 1.58. The van der Waals surface area contributed by atoms with E-state index in [1.165, 1.54) is 5.56 Å². The standard InChI is InChI=1S/C23H23NO3/c1-16-4-7-18(8-5-16)19-9-11-20(12-10-19)27-15-23(25)24-21-14-17(2)6-13-22(21)26-3/h4-14H,15H2,1-3H3,(H,24,25). The minimum atomic E-state index is -0.235. The van der Waals surface area contributed by atoms with E-state index in [4.69, 9.17) is 9.47 Å². The summed E-state index contributed by atoms with van der Waals surface area (Å²) in [5.74, 6) is 1.04. The van der Waals surface area contributed by atoms with E-state index in [2.05, 4.69) is 36.5 Å². The van der Waals surface area contributed by atoms with Gasteiger partial charge in [0.25, 0.3) is 5.91 Å². The molecule has 0 saturated carbocycles. The van der Waals surface area contributed by atoms with Crippen molar-refractivity contribution in [2.24, 2.45) is 0 Å². The van der Waals surface area contributed by atoms with Crippen LogP contribution in [0.15, 0.2) is 66.7 Å². The minimum Gasteiger partial charge on any atom is -0.495 e. The molecule has 0 atom stereocenters. The molecule has 0 aliphatic carbocycles. The second-order valence-electron chi connectivity index (χ2n) is 6.43. The van der Waals surface area contributed by atoms with Gasteiger partial charge < -0.3 is 14.8 Å². The van der Waals surface area contributed by atoms with Crippen molar-refractivity contribution in [3.8, 4) is 22.6 Å². The van der Waals surface area contributed by atoms with Crippen molar-refractivity contribution in [1.29, 1.82) is 0 Å². The molecule has 138 valence electrons. The molecular weight excluding hydrogens is 338 g/mol. The van der Waals surface area contributed by atoms with Crippen LogP contribution >= 0.6 is 0 Å². The Labute approximate surface area is 159 Å². The highest BCUT2D eigenvalue weighted by Gasteiger charge is 2.09. The molecular formula is C23H23NO3. The Morgan fingerprint density at radius 2 is 1.44 bits per heavy atom. The third-order valence-electron chi connectivity index (χ3n) is 4.24. The Kier molecular flexibility index (Phi) is 5.77. The second kappa shape index (κ2) is 8.41. The fraction of sp³-hybridized carbons (Fsp3) is 0.174. The highest BCUT2D eigenvalue weighted by molar-refractivity contribution is 5.93. The normalized spacial score (nSPS) is 10.3. The largest absolute Gasteiger partial charge is 0.495 e. The maximum absolute atomic E-state index is 12.2. The van der Waals surface area contributed by atoms with Crippen molar-refractivity contribution in [3.05, 3.63) is 77.9 Å². The molecule has 0 aromatic heterocycles. The number of anilines is 1. The Bertz CT molecular complexity index is 915. The number of benzene rings is 3. The predicted octanol–water partition coefficient (Wildman–Crippen LogP) is 5.00. The molecule has 0 radical (unpaired) electrons. The van der Waals surface area contributed by atoms with Crippen molar-refractivity contribution in [2.75, 3.05) is 19.0 Å². The quantitative estimate of drug-likeness (QED) is 0.672. The summed E-state index contributed by atoms with van der Waals surface area (Å²) in [6, 6.07) is 21.7. The SMILES string of the molecule is COc1ccc(C)cc1NC(=O)COc1ccc(-c2ccc(C)cc2)cc1. The first kappa shape index (κ1) is 18.5. The molecule has 0 bridgehead atoms. The summed E-state index contributed by atoms with van der Waals surface area (Å²) < 4.78 is 10.9. The number of ether oxygens (including phenoxy) is 2. The summed E-state index contributed by atoms with van der Waals surface area (Å²) in [6.45, 7) is 3.96. The van der Waals surface area contributed by atoms with E-state index in [0.717, 1.165) is 16.7 Å². The zero-order valence-electron chi connectivity index (χ0n) is 15.8. The van der Waals surface area contributed by atoms with E-state index in [0.29, 0.717) is 17.2 Å². The van der Waals surface area contributed by atoms with Crippen LogP contribution in [-0.2, 0) is 4.79 Å². The molecule has 0 heterocycles. The first-order valence-corrected chi connectivity index (χ1v) is 8.79. The third-order valence-corrected chi connectivity index (χ3v) is 4.24. The summed E-state index contributed by atoms with van der Waals surface area (Å²) in [4.78, 5) is 12.2. The molecule has 0 unspecified atom stereocenters. The smallest absolute Gasteiger partial charge is 0.262 e. The second-order valence-corrected chi connectivity index (χ2v) is 6.43. The maximum Gasteiger partial charge on any atom is 0.262 e. The van der Waals surface area contributed by atoms with Crippen LogP contribution in [0.4, 0.5) is 5.69 Å². The van der Waals surface area contributed by atoms with Crippen LogP contribution < -0.4 is 14.8 Å². The average Bonchev–Trinajstić information content (AvgIpc) is 2.68. The molecule has 0 aliphatic rings. The van der Waals surface area contributed by atoms with Crippen LogP contribution in [0.5, 0.6) is 11.5 Å². The Hall–Kier alpha value is -3.27. The zero-order valence-corrected chi connectivity index (χ0v) is 15.8. The molecule has 3 aromatic rings. The van der Waals surface area contributed by atoms with Crippen LogP contribution in [0.2, 0.25) is 0 Å². The summed E-state index contributed by atoms with van der Waals surface area (Å²) in [6.07, 6.45) is 0. The Morgan fingerprint density at radius 3 is 2.07 bits per heavy atom. The molecule has 27 heavy (non-hydrogen) atoms. The lowest BCUT2D eigenvalue weighted by atomic mass is 10.0. The lowest BCUT2D eigenvalue weighted by molar-refractivity contribution is -0.118. The number of rotatable bonds is 6. The van der Waals surface area contributed by atoms with Crippen molar-refractivity contribution in [3.63, 3.8) is 0 Å². The van der Waals surface area contributed by atoms with E-state index >= 15 is 0 Å². The molecule has 0 spiro atoms. The first-order valence-electron chi connectivity index (χ1n) is 8.79. The van der Waals surface area contributed by atoms with Gasteiger partial charge in [-0.25, -0.2) is 0 Å². The number of methoxy groups -OCH3 is 1. The van der Waals surface area contributed by atoms with Gasteiger partial charge in [-0.2, -0.15) is 0 Å². The molecule has 1 N–H and O–H groups in total. The van der Waals surface area contributed by atoms with Crippen LogP contribution in [0.25, 0.3) is 11.1 Å². The van der Waals surface area contributed by atoms with Crippen LogP contribution in [0, 0.1) is 13.8 Å². The minimum absolute atomic E-state index is 0.0685. The summed E-state index contributed by atoms with van der Waals surface area (Å²) >= 11 is 0.